The number of amides is 2. The molecule has 2 aliphatic carbocycles. The molecular weight excluding hydrogens is 292 g/mol. The van der Waals surface area contributed by atoms with Crippen LogP contribution in [0.5, 0.6) is 0 Å². The third-order valence-electron chi connectivity index (χ3n) is 5.60. The van der Waals surface area contributed by atoms with Crippen LogP contribution in [0.1, 0.15) is 36.2 Å². The number of piperazine rings is 1. The van der Waals surface area contributed by atoms with E-state index < -0.39 is 0 Å². The molecule has 1 aromatic heterocycles. The van der Waals surface area contributed by atoms with Crippen LogP contribution >= 0.6 is 0 Å². The normalized spacial score (nSPS) is 29.8. The molecule has 0 radical (unpaired) electrons. The van der Waals surface area contributed by atoms with Crippen LogP contribution in [-0.2, 0) is 4.79 Å². The van der Waals surface area contributed by atoms with Crippen LogP contribution in [0.3, 0.4) is 0 Å². The van der Waals surface area contributed by atoms with E-state index in [-0.39, 0.29) is 11.8 Å². The van der Waals surface area contributed by atoms with Crippen LogP contribution in [0.15, 0.2) is 18.6 Å². The molecule has 3 fully saturated rings. The predicted octanol–water partition coefficient (Wildman–Crippen LogP) is 1.20. The zero-order valence-corrected chi connectivity index (χ0v) is 13.2. The lowest BCUT2D eigenvalue weighted by molar-refractivity contribution is -0.134. The van der Waals surface area contributed by atoms with Gasteiger partial charge in [0, 0.05) is 44.5 Å². The van der Waals surface area contributed by atoms with E-state index in [1.807, 2.05) is 4.90 Å². The molecular formula is C17H22N4O2. The van der Waals surface area contributed by atoms with Gasteiger partial charge in [-0.25, -0.2) is 4.98 Å². The van der Waals surface area contributed by atoms with Crippen LogP contribution in [0.4, 0.5) is 0 Å². The van der Waals surface area contributed by atoms with Gasteiger partial charge in [-0.05, 0) is 24.7 Å². The molecule has 2 atom stereocenters. The van der Waals surface area contributed by atoms with Crippen molar-refractivity contribution in [2.24, 2.45) is 17.8 Å². The highest BCUT2D eigenvalue weighted by Crippen LogP contribution is 2.56. The molecule has 6 nitrogen and oxygen atoms in total. The topological polar surface area (TPSA) is 66.4 Å². The maximum Gasteiger partial charge on any atom is 0.274 e. The molecule has 0 spiro atoms. The van der Waals surface area contributed by atoms with Crippen LogP contribution < -0.4 is 0 Å². The van der Waals surface area contributed by atoms with Crippen molar-refractivity contribution in [3.63, 3.8) is 0 Å². The molecule has 122 valence electrons. The van der Waals surface area contributed by atoms with Crippen LogP contribution in [0.2, 0.25) is 0 Å². The van der Waals surface area contributed by atoms with E-state index >= 15 is 0 Å². The first-order valence-electron chi connectivity index (χ1n) is 8.60. The molecule has 6 heteroatoms. The second kappa shape index (κ2) is 5.91. The third-order valence-corrected chi connectivity index (χ3v) is 5.60. The monoisotopic (exact) mass is 314 g/mol. The van der Waals surface area contributed by atoms with Crippen LogP contribution in [-0.4, -0.2) is 57.8 Å². The number of hydrogen-bond donors (Lipinski definition) is 0. The van der Waals surface area contributed by atoms with Gasteiger partial charge in [0.15, 0.2) is 0 Å². The molecule has 2 heterocycles. The molecule has 0 N–H and O–H groups in total. The number of carbonyl (C=O) groups excluding carboxylic acids is 2. The van der Waals surface area contributed by atoms with Gasteiger partial charge in [-0.1, -0.05) is 12.8 Å². The molecule has 0 aromatic carbocycles. The van der Waals surface area contributed by atoms with E-state index in [0.717, 1.165) is 0 Å². The fraction of sp³-hybridized carbons (Fsp3) is 0.647. The van der Waals surface area contributed by atoms with E-state index in [1.54, 1.807) is 11.1 Å². The van der Waals surface area contributed by atoms with Crippen molar-refractivity contribution in [3.05, 3.63) is 24.3 Å². The number of aromatic nitrogens is 2. The van der Waals surface area contributed by atoms with Gasteiger partial charge in [-0.3, -0.25) is 14.6 Å². The number of nitrogens with zero attached hydrogens (tertiary/aromatic N) is 4. The highest BCUT2D eigenvalue weighted by molar-refractivity contribution is 5.92. The molecule has 2 saturated carbocycles. The van der Waals surface area contributed by atoms with Crippen molar-refractivity contribution >= 4 is 11.8 Å². The van der Waals surface area contributed by atoms with Crippen molar-refractivity contribution < 1.29 is 9.59 Å². The Kier molecular flexibility index (Phi) is 3.75. The Morgan fingerprint density at radius 3 is 2.22 bits per heavy atom. The van der Waals surface area contributed by atoms with Gasteiger partial charge in [-0.2, -0.15) is 0 Å². The highest BCUT2D eigenvalue weighted by atomic mass is 16.2. The Balaban J connectivity index is 1.33. The van der Waals surface area contributed by atoms with E-state index in [4.69, 9.17) is 0 Å². The van der Waals surface area contributed by atoms with Crippen molar-refractivity contribution in [1.29, 1.82) is 0 Å². The lowest BCUT2D eigenvalue weighted by Gasteiger charge is -2.34. The summed E-state index contributed by atoms with van der Waals surface area (Å²) in [6.07, 6.45) is 9.61. The minimum Gasteiger partial charge on any atom is -0.339 e. The Morgan fingerprint density at radius 2 is 1.61 bits per heavy atom. The maximum atomic E-state index is 12.7. The fourth-order valence-corrected chi connectivity index (χ4v) is 4.27. The first-order chi connectivity index (χ1) is 11.3. The predicted molar refractivity (Wildman–Crippen MR) is 83.5 cm³/mol. The summed E-state index contributed by atoms with van der Waals surface area (Å²) in [4.78, 5) is 36.8. The van der Waals surface area contributed by atoms with Crippen LogP contribution in [0.25, 0.3) is 0 Å². The summed E-state index contributed by atoms with van der Waals surface area (Å²) in [6, 6.07) is 0. The van der Waals surface area contributed by atoms with Crippen molar-refractivity contribution in [2.75, 3.05) is 26.2 Å². The van der Waals surface area contributed by atoms with E-state index in [0.29, 0.717) is 49.6 Å². The SMILES string of the molecule is O=C(c1cnccn1)N1CCN(C(=O)C2[C@@H]3CCCC[C@@H]23)CC1. The Morgan fingerprint density at radius 1 is 0.957 bits per heavy atom. The van der Waals surface area contributed by atoms with Gasteiger partial charge in [0.25, 0.3) is 5.91 Å². The molecule has 1 saturated heterocycles. The molecule has 3 aliphatic rings. The third kappa shape index (κ3) is 2.71. The smallest absolute Gasteiger partial charge is 0.274 e. The molecule has 1 aliphatic heterocycles. The van der Waals surface area contributed by atoms with E-state index in [1.165, 1.54) is 38.1 Å². The minimum absolute atomic E-state index is 0.0923. The highest BCUT2D eigenvalue weighted by Gasteiger charge is 2.55. The average molecular weight is 314 g/mol. The van der Waals surface area contributed by atoms with E-state index in [2.05, 4.69) is 9.97 Å². The molecule has 23 heavy (non-hydrogen) atoms. The van der Waals surface area contributed by atoms with Gasteiger partial charge < -0.3 is 9.80 Å². The van der Waals surface area contributed by atoms with Gasteiger partial charge in [0.2, 0.25) is 5.91 Å². The second-order valence-electron chi connectivity index (χ2n) is 6.85. The number of fused-ring (bicyclic) bond motifs is 1. The van der Waals surface area contributed by atoms with E-state index in [9.17, 15) is 9.59 Å². The standard InChI is InChI=1S/C17H22N4O2/c22-16(14-11-18-5-6-19-14)20-7-9-21(10-8-20)17(23)15-12-3-1-2-4-13(12)15/h5-6,11-13,15H,1-4,7-10H2/t12-,13-/m1/s1. The first kappa shape index (κ1) is 14.6. The zero-order chi connectivity index (χ0) is 15.8. The summed E-state index contributed by atoms with van der Waals surface area (Å²) in [5.74, 6) is 1.81. The molecule has 1 aromatic rings. The summed E-state index contributed by atoms with van der Waals surface area (Å²) in [6.45, 7) is 2.45. The molecule has 4 rings (SSSR count). The lowest BCUT2D eigenvalue weighted by Crippen LogP contribution is -2.51. The first-order valence-corrected chi connectivity index (χ1v) is 8.60. The quantitative estimate of drug-likeness (QED) is 0.822. The Labute approximate surface area is 135 Å². The summed E-state index contributed by atoms with van der Waals surface area (Å²) in [5.41, 5.74) is 0.375. The molecule has 0 unspecified atom stereocenters. The van der Waals surface area contributed by atoms with Crippen molar-refractivity contribution in [1.82, 2.24) is 19.8 Å². The molecule has 0 bridgehead atoms. The number of hydrogen-bond acceptors (Lipinski definition) is 4. The Hall–Kier alpha value is -1.98. The second-order valence-corrected chi connectivity index (χ2v) is 6.85. The summed E-state index contributed by atoms with van der Waals surface area (Å²) < 4.78 is 0. The van der Waals surface area contributed by atoms with Crippen molar-refractivity contribution in [3.8, 4) is 0 Å². The lowest BCUT2D eigenvalue weighted by atomic mass is 10.0. The van der Waals surface area contributed by atoms with Crippen molar-refractivity contribution in [2.45, 2.75) is 25.7 Å². The van der Waals surface area contributed by atoms with Gasteiger partial charge in [-0.15, -0.1) is 0 Å². The van der Waals surface area contributed by atoms with Gasteiger partial charge in [0.1, 0.15) is 5.69 Å². The fourth-order valence-electron chi connectivity index (χ4n) is 4.27. The summed E-state index contributed by atoms with van der Waals surface area (Å²) >= 11 is 0. The average Bonchev–Trinajstić information content (AvgIpc) is 3.36. The zero-order valence-electron chi connectivity index (χ0n) is 13.2. The maximum absolute atomic E-state index is 12.7. The van der Waals surface area contributed by atoms with Crippen LogP contribution in [0, 0.1) is 17.8 Å². The Bertz CT molecular complexity index is 586. The minimum atomic E-state index is -0.0923. The number of carbonyl (C=O) groups is 2. The largest absolute Gasteiger partial charge is 0.339 e. The summed E-state index contributed by atoms with van der Waals surface area (Å²) in [7, 11) is 0. The van der Waals surface area contributed by atoms with Gasteiger partial charge in [0.05, 0.1) is 6.20 Å². The summed E-state index contributed by atoms with van der Waals surface area (Å²) in [5, 5.41) is 0. The van der Waals surface area contributed by atoms with Gasteiger partial charge >= 0.3 is 0 Å². The molecule has 2 amide bonds. The number of rotatable bonds is 2.